The number of likely N-dealkylation sites (N-methyl/N-ethyl adjacent to an activating group) is 1. The average Bonchev–Trinajstić information content (AvgIpc) is 2.94. The van der Waals surface area contributed by atoms with Gasteiger partial charge in [0.15, 0.2) is 0 Å². The van der Waals surface area contributed by atoms with Crippen LogP contribution in [-0.4, -0.2) is 60.6 Å². The molecule has 0 saturated heterocycles. The molecule has 7 nitrogen and oxygen atoms in total. The van der Waals surface area contributed by atoms with Gasteiger partial charge in [-0.25, -0.2) is 4.98 Å². The molecule has 1 aromatic carbocycles. The van der Waals surface area contributed by atoms with Gasteiger partial charge in [-0.3, -0.25) is 4.90 Å². The smallest absolute Gasteiger partial charge is 0.230 e. The van der Waals surface area contributed by atoms with E-state index in [4.69, 9.17) is 19.0 Å². The second-order valence-corrected chi connectivity index (χ2v) is 5.62. The molecule has 1 unspecified atom stereocenters. The summed E-state index contributed by atoms with van der Waals surface area (Å²) in [7, 11) is 5.03. The molecule has 0 aliphatic carbocycles. The van der Waals surface area contributed by atoms with Crippen LogP contribution in [0.25, 0.3) is 11.5 Å². The number of aryl methyl sites for hydroxylation is 1. The van der Waals surface area contributed by atoms with Gasteiger partial charge >= 0.3 is 0 Å². The van der Waals surface area contributed by atoms with E-state index < -0.39 is 6.10 Å². The highest BCUT2D eigenvalue weighted by Crippen LogP contribution is 2.33. The van der Waals surface area contributed by atoms with Crippen molar-refractivity contribution in [3.63, 3.8) is 0 Å². The fourth-order valence-corrected chi connectivity index (χ4v) is 2.41. The van der Waals surface area contributed by atoms with Crippen molar-refractivity contribution in [2.45, 2.75) is 19.6 Å². The van der Waals surface area contributed by atoms with Crippen LogP contribution < -0.4 is 9.47 Å². The number of benzene rings is 1. The van der Waals surface area contributed by atoms with E-state index in [-0.39, 0.29) is 6.61 Å². The van der Waals surface area contributed by atoms with Crippen molar-refractivity contribution in [3.05, 3.63) is 29.7 Å². The third-order valence-electron chi connectivity index (χ3n) is 3.68. The normalized spacial score (nSPS) is 12.5. The van der Waals surface area contributed by atoms with Crippen LogP contribution in [0, 0.1) is 6.92 Å². The minimum atomic E-state index is -0.778. The Balaban J connectivity index is 2.25. The van der Waals surface area contributed by atoms with Crippen molar-refractivity contribution in [2.75, 3.05) is 34.4 Å². The van der Waals surface area contributed by atoms with E-state index in [1.807, 2.05) is 31.0 Å². The predicted molar refractivity (Wildman–Crippen MR) is 89.2 cm³/mol. The number of methoxy groups -OCH3 is 2. The highest BCUT2D eigenvalue weighted by atomic mass is 16.5. The van der Waals surface area contributed by atoms with E-state index in [1.54, 1.807) is 20.3 Å². The van der Waals surface area contributed by atoms with Crippen molar-refractivity contribution >= 4 is 0 Å². The lowest BCUT2D eigenvalue weighted by Crippen LogP contribution is -2.31. The molecule has 2 rings (SSSR count). The Labute approximate surface area is 141 Å². The van der Waals surface area contributed by atoms with Crippen LogP contribution in [-0.2, 0) is 6.54 Å². The third-order valence-corrected chi connectivity index (χ3v) is 3.68. The van der Waals surface area contributed by atoms with Crippen LogP contribution >= 0.6 is 0 Å². The molecule has 7 heteroatoms. The number of rotatable bonds is 8. The first-order valence-corrected chi connectivity index (χ1v) is 7.64. The van der Waals surface area contributed by atoms with E-state index >= 15 is 0 Å². The molecule has 0 spiro atoms. The van der Waals surface area contributed by atoms with Gasteiger partial charge in [-0.15, -0.1) is 0 Å². The average molecular weight is 336 g/mol. The Morgan fingerprint density at radius 3 is 2.67 bits per heavy atom. The van der Waals surface area contributed by atoms with Crippen LogP contribution in [0.15, 0.2) is 22.6 Å². The quantitative estimate of drug-likeness (QED) is 0.754. The van der Waals surface area contributed by atoms with Crippen molar-refractivity contribution in [1.82, 2.24) is 9.88 Å². The maximum Gasteiger partial charge on any atom is 0.230 e. The number of aromatic nitrogens is 1. The lowest BCUT2D eigenvalue weighted by Gasteiger charge is -2.18. The van der Waals surface area contributed by atoms with Gasteiger partial charge in [-0.2, -0.15) is 0 Å². The van der Waals surface area contributed by atoms with Gasteiger partial charge in [0.2, 0.25) is 5.89 Å². The summed E-state index contributed by atoms with van der Waals surface area (Å²) in [6.07, 6.45) is -0.778. The van der Waals surface area contributed by atoms with E-state index in [1.165, 1.54) is 0 Å². The van der Waals surface area contributed by atoms with Crippen molar-refractivity contribution in [3.8, 4) is 23.0 Å². The SMILES string of the molecule is COc1ccc(OC)c(-c2nc(CN(C)CC(O)CO)c(C)o2)c1. The summed E-state index contributed by atoms with van der Waals surface area (Å²) in [5.41, 5.74) is 1.48. The number of oxazole rings is 1. The molecule has 0 amide bonds. The summed E-state index contributed by atoms with van der Waals surface area (Å²) in [6, 6.07) is 5.42. The summed E-state index contributed by atoms with van der Waals surface area (Å²) in [5.74, 6) is 2.48. The number of hydrogen-bond acceptors (Lipinski definition) is 7. The maximum absolute atomic E-state index is 9.52. The van der Waals surface area contributed by atoms with Gasteiger partial charge in [0.25, 0.3) is 0 Å². The van der Waals surface area contributed by atoms with Crippen LogP contribution in [0.1, 0.15) is 11.5 Å². The van der Waals surface area contributed by atoms with Crippen molar-refractivity contribution in [2.24, 2.45) is 0 Å². The van der Waals surface area contributed by atoms with Gasteiger partial charge in [0.1, 0.15) is 17.3 Å². The molecular formula is C17H24N2O5. The molecule has 2 N–H and O–H groups in total. The minimum Gasteiger partial charge on any atom is -0.497 e. The topological polar surface area (TPSA) is 88.2 Å². The fraction of sp³-hybridized carbons (Fsp3) is 0.471. The maximum atomic E-state index is 9.52. The molecule has 0 aliphatic rings. The summed E-state index contributed by atoms with van der Waals surface area (Å²) in [6.45, 7) is 2.42. The van der Waals surface area contributed by atoms with E-state index in [0.29, 0.717) is 41.8 Å². The molecule has 0 bridgehead atoms. The molecule has 1 heterocycles. The van der Waals surface area contributed by atoms with Crippen molar-refractivity contribution in [1.29, 1.82) is 0 Å². The standard InChI is InChI=1S/C17H24N2O5/c1-11-15(9-19(2)8-12(21)10-20)18-17(24-11)14-7-13(22-3)5-6-16(14)23-4/h5-7,12,20-21H,8-10H2,1-4H3. The Bertz CT molecular complexity index is 671. The van der Waals surface area contributed by atoms with Crippen LogP contribution in [0.2, 0.25) is 0 Å². The molecule has 0 radical (unpaired) electrons. The van der Waals surface area contributed by atoms with Crippen molar-refractivity contribution < 1.29 is 24.1 Å². The van der Waals surface area contributed by atoms with Gasteiger partial charge in [-0.1, -0.05) is 0 Å². The van der Waals surface area contributed by atoms with E-state index in [2.05, 4.69) is 4.98 Å². The van der Waals surface area contributed by atoms with Gasteiger partial charge in [0, 0.05) is 13.1 Å². The number of nitrogens with zero attached hydrogens (tertiary/aromatic N) is 2. The zero-order valence-electron chi connectivity index (χ0n) is 14.4. The lowest BCUT2D eigenvalue weighted by molar-refractivity contribution is 0.0644. The Kier molecular flexibility index (Phi) is 6.19. The third kappa shape index (κ3) is 4.25. The second kappa shape index (κ2) is 8.14. The number of aliphatic hydroxyl groups is 2. The molecule has 0 fully saturated rings. The first-order chi connectivity index (χ1) is 11.5. The molecule has 2 aromatic rings. The Hall–Kier alpha value is -2.09. The highest BCUT2D eigenvalue weighted by Gasteiger charge is 2.18. The van der Waals surface area contributed by atoms with Crippen LogP contribution in [0.3, 0.4) is 0 Å². The minimum absolute atomic E-state index is 0.269. The lowest BCUT2D eigenvalue weighted by atomic mass is 10.2. The molecular weight excluding hydrogens is 312 g/mol. The molecule has 1 atom stereocenters. The number of ether oxygens (including phenoxy) is 2. The zero-order chi connectivity index (χ0) is 17.7. The largest absolute Gasteiger partial charge is 0.497 e. The number of hydrogen-bond donors (Lipinski definition) is 2. The Morgan fingerprint density at radius 2 is 2.04 bits per heavy atom. The summed E-state index contributed by atoms with van der Waals surface area (Å²) in [4.78, 5) is 6.42. The van der Waals surface area contributed by atoms with Gasteiger partial charge < -0.3 is 24.1 Å². The summed E-state index contributed by atoms with van der Waals surface area (Å²) < 4.78 is 16.4. The molecule has 132 valence electrons. The first-order valence-electron chi connectivity index (χ1n) is 7.64. The molecule has 0 saturated carbocycles. The second-order valence-electron chi connectivity index (χ2n) is 5.62. The highest BCUT2D eigenvalue weighted by molar-refractivity contribution is 5.65. The number of aliphatic hydroxyl groups excluding tert-OH is 2. The van der Waals surface area contributed by atoms with Crippen LogP contribution in [0.5, 0.6) is 11.5 Å². The Morgan fingerprint density at radius 1 is 1.29 bits per heavy atom. The van der Waals surface area contributed by atoms with E-state index in [0.717, 1.165) is 5.69 Å². The summed E-state index contributed by atoms with van der Waals surface area (Å²) in [5, 5.41) is 18.4. The monoisotopic (exact) mass is 336 g/mol. The van der Waals surface area contributed by atoms with Gasteiger partial charge in [0.05, 0.1) is 38.2 Å². The zero-order valence-corrected chi connectivity index (χ0v) is 14.4. The molecule has 0 aliphatic heterocycles. The van der Waals surface area contributed by atoms with E-state index in [9.17, 15) is 5.11 Å². The first kappa shape index (κ1) is 18.3. The van der Waals surface area contributed by atoms with Gasteiger partial charge in [-0.05, 0) is 32.2 Å². The summed E-state index contributed by atoms with van der Waals surface area (Å²) >= 11 is 0. The predicted octanol–water partition coefficient (Wildman–Crippen LogP) is 1.45. The molecule has 24 heavy (non-hydrogen) atoms. The molecule has 1 aromatic heterocycles. The fourth-order valence-electron chi connectivity index (χ4n) is 2.41. The van der Waals surface area contributed by atoms with Crippen LogP contribution in [0.4, 0.5) is 0 Å².